The first-order chi connectivity index (χ1) is 8.70. The summed E-state index contributed by atoms with van der Waals surface area (Å²) in [4.78, 5) is 0. The second kappa shape index (κ2) is 26.5. The average molecular weight is 290 g/mol. The number of rotatable bonds is 3. The zero-order valence-corrected chi connectivity index (χ0v) is 16.7. The van der Waals surface area contributed by atoms with Crippen LogP contribution >= 0.6 is 0 Å². The molecule has 0 aliphatic carbocycles. The summed E-state index contributed by atoms with van der Waals surface area (Å²) in [7, 11) is 0. The van der Waals surface area contributed by atoms with E-state index in [9.17, 15) is 0 Å². The minimum atomic E-state index is 0. The van der Waals surface area contributed by atoms with Gasteiger partial charge in [-0.15, -0.1) is 0 Å². The van der Waals surface area contributed by atoms with Crippen LogP contribution in [-0.4, -0.2) is 6.61 Å². The van der Waals surface area contributed by atoms with E-state index >= 15 is 0 Å². The number of hydrogen-bond donors (Lipinski definition) is 0. The van der Waals surface area contributed by atoms with Gasteiger partial charge in [0.15, 0.2) is 0 Å². The van der Waals surface area contributed by atoms with Crippen molar-refractivity contribution in [2.75, 3.05) is 6.61 Å². The molecule has 0 bridgehead atoms. The SMILES string of the molecule is C=C(C)OCC.CC.CC.[K+].[N-]=Nc1ccccc1. The van der Waals surface area contributed by atoms with Crippen molar-refractivity contribution in [2.24, 2.45) is 5.11 Å². The second-order valence-electron chi connectivity index (χ2n) is 2.57. The molecule has 0 heterocycles. The van der Waals surface area contributed by atoms with E-state index in [1.165, 1.54) is 0 Å². The molecule has 104 valence electrons. The molecule has 0 aliphatic rings. The van der Waals surface area contributed by atoms with Gasteiger partial charge in [-0.3, -0.25) is 0 Å². The van der Waals surface area contributed by atoms with E-state index in [1.54, 1.807) is 12.1 Å². The van der Waals surface area contributed by atoms with Crippen LogP contribution in [0.5, 0.6) is 0 Å². The fourth-order valence-corrected chi connectivity index (χ4v) is 0.741. The summed E-state index contributed by atoms with van der Waals surface area (Å²) in [5.41, 5.74) is 8.75. The molecule has 19 heavy (non-hydrogen) atoms. The molecule has 0 N–H and O–H groups in total. The first kappa shape index (κ1) is 27.4. The maximum Gasteiger partial charge on any atom is 1.00 e. The van der Waals surface area contributed by atoms with Crippen molar-refractivity contribution in [1.29, 1.82) is 0 Å². The summed E-state index contributed by atoms with van der Waals surface area (Å²) in [6, 6.07) is 8.94. The molecular weight excluding hydrogens is 263 g/mol. The van der Waals surface area contributed by atoms with Crippen LogP contribution in [0, 0.1) is 0 Å². The van der Waals surface area contributed by atoms with E-state index in [-0.39, 0.29) is 51.4 Å². The van der Waals surface area contributed by atoms with Crippen molar-refractivity contribution in [1.82, 2.24) is 0 Å². The van der Waals surface area contributed by atoms with Crippen LogP contribution in [0.15, 0.2) is 47.8 Å². The van der Waals surface area contributed by atoms with Crippen LogP contribution in [0.4, 0.5) is 5.69 Å². The molecule has 0 atom stereocenters. The maximum absolute atomic E-state index is 8.16. The summed E-state index contributed by atoms with van der Waals surface area (Å²) in [6.07, 6.45) is 0. The molecule has 0 saturated heterocycles. The first-order valence-corrected chi connectivity index (χ1v) is 6.39. The van der Waals surface area contributed by atoms with Gasteiger partial charge < -0.3 is 15.4 Å². The first-order valence-electron chi connectivity index (χ1n) is 6.39. The summed E-state index contributed by atoms with van der Waals surface area (Å²) in [5, 5.41) is 2.97. The molecule has 1 aromatic rings. The Labute approximate surface area is 161 Å². The number of ether oxygens (including phenoxy) is 1. The van der Waals surface area contributed by atoms with Gasteiger partial charge in [-0.2, -0.15) is 0 Å². The molecule has 0 radical (unpaired) electrons. The second-order valence-corrected chi connectivity index (χ2v) is 2.57. The van der Waals surface area contributed by atoms with E-state index in [1.807, 2.05) is 59.7 Å². The Bertz CT molecular complexity index is 277. The third-order valence-corrected chi connectivity index (χ3v) is 1.26. The van der Waals surface area contributed by atoms with Crippen LogP contribution in [0.1, 0.15) is 41.5 Å². The predicted molar refractivity (Wildman–Crippen MR) is 81.0 cm³/mol. The van der Waals surface area contributed by atoms with Crippen LogP contribution < -0.4 is 51.4 Å². The van der Waals surface area contributed by atoms with Gasteiger partial charge in [0.1, 0.15) is 0 Å². The van der Waals surface area contributed by atoms with Crippen molar-refractivity contribution >= 4 is 5.69 Å². The molecule has 4 heteroatoms. The summed E-state index contributed by atoms with van der Waals surface area (Å²) >= 11 is 0. The molecule has 1 rings (SSSR count). The number of hydrogen-bond acceptors (Lipinski definition) is 2. The van der Waals surface area contributed by atoms with Crippen molar-refractivity contribution in [3.8, 4) is 0 Å². The fourth-order valence-electron chi connectivity index (χ4n) is 0.741. The van der Waals surface area contributed by atoms with Gasteiger partial charge >= 0.3 is 51.4 Å². The standard InChI is InChI=1S/C6H5N2.C5H10O.2C2H6.K/c7-8-6-4-2-1-3-5-6;1-4-6-5(2)3;2*1-2;/h1-5H;2,4H2,1,3H3;2*1-2H3;/q-1;;;;+1. The number of benzene rings is 1. The van der Waals surface area contributed by atoms with Crippen LogP contribution in [0.3, 0.4) is 0 Å². The minimum absolute atomic E-state index is 0. The maximum atomic E-state index is 8.16. The van der Waals surface area contributed by atoms with E-state index in [0.717, 1.165) is 12.4 Å². The molecule has 0 spiro atoms. The van der Waals surface area contributed by atoms with Gasteiger partial charge in [-0.1, -0.05) is 52.5 Å². The van der Waals surface area contributed by atoms with Gasteiger partial charge in [-0.05, 0) is 26.0 Å². The van der Waals surface area contributed by atoms with Crippen LogP contribution in [-0.2, 0) is 4.74 Å². The van der Waals surface area contributed by atoms with Crippen LogP contribution in [0.2, 0.25) is 0 Å². The Hall–Kier alpha value is -0.00364. The number of nitrogens with zero attached hydrogens (tertiary/aromatic N) is 2. The average Bonchev–Trinajstić information content (AvgIpc) is 2.45. The van der Waals surface area contributed by atoms with E-state index in [4.69, 9.17) is 10.3 Å². The Kier molecular flexibility index (Phi) is 38.2. The topological polar surface area (TPSA) is 43.9 Å². The third-order valence-electron chi connectivity index (χ3n) is 1.26. The normalized spacial score (nSPS) is 6.63. The van der Waals surface area contributed by atoms with Gasteiger partial charge in [0, 0.05) is 5.69 Å². The van der Waals surface area contributed by atoms with Crippen molar-refractivity contribution < 1.29 is 56.1 Å². The Morgan fingerprint density at radius 1 is 1.16 bits per heavy atom. The van der Waals surface area contributed by atoms with Gasteiger partial charge in [0.25, 0.3) is 0 Å². The quantitative estimate of drug-likeness (QED) is 0.479. The Balaban J connectivity index is -0.0000000922. The molecule has 1 aromatic carbocycles. The molecule has 0 saturated carbocycles. The smallest absolute Gasteiger partial charge is 0.706 e. The zero-order chi connectivity index (χ0) is 14.8. The van der Waals surface area contributed by atoms with Crippen molar-refractivity contribution in [3.63, 3.8) is 0 Å². The number of allylic oxidation sites excluding steroid dienone is 1. The van der Waals surface area contributed by atoms with Crippen molar-refractivity contribution in [3.05, 3.63) is 48.2 Å². The fraction of sp³-hybridized carbons (Fsp3) is 0.467. The molecule has 0 aliphatic heterocycles. The van der Waals surface area contributed by atoms with Crippen molar-refractivity contribution in [2.45, 2.75) is 41.5 Å². The van der Waals surface area contributed by atoms with E-state index < -0.39 is 0 Å². The Morgan fingerprint density at radius 2 is 1.58 bits per heavy atom. The predicted octanol–water partition coefficient (Wildman–Crippen LogP) is 2.95. The summed E-state index contributed by atoms with van der Waals surface area (Å²) < 4.78 is 4.85. The molecular formula is C15H27KN2O. The third kappa shape index (κ3) is 27.3. The molecule has 0 amide bonds. The van der Waals surface area contributed by atoms with E-state index in [2.05, 4.69) is 11.7 Å². The molecule has 0 aromatic heterocycles. The van der Waals surface area contributed by atoms with Gasteiger partial charge in [0.2, 0.25) is 0 Å². The van der Waals surface area contributed by atoms with Gasteiger partial charge in [-0.25, -0.2) is 0 Å². The molecule has 3 nitrogen and oxygen atoms in total. The summed E-state index contributed by atoms with van der Waals surface area (Å²) in [6.45, 7) is 16.0. The molecule has 0 fully saturated rings. The zero-order valence-electron chi connectivity index (χ0n) is 13.6. The van der Waals surface area contributed by atoms with Gasteiger partial charge in [0.05, 0.1) is 12.4 Å². The monoisotopic (exact) mass is 290 g/mol. The minimum Gasteiger partial charge on any atom is -0.706 e. The largest absolute Gasteiger partial charge is 1.00 e. The van der Waals surface area contributed by atoms with Crippen LogP contribution in [0.25, 0.3) is 5.53 Å². The van der Waals surface area contributed by atoms with E-state index in [0.29, 0.717) is 5.69 Å². The molecule has 0 unspecified atom stereocenters. The Morgan fingerprint density at radius 3 is 1.74 bits per heavy atom. The summed E-state index contributed by atoms with van der Waals surface area (Å²) in [5.74, 6) is 0.789.